The van der Waals surface area contributed by atoms with Crippen molar-refractivity contribution >= 4 is 22.4 Å². The van der Waals surface area contributed by atoms with Crippen LogP contribution in [-0.4, -0.2) is 15.7 Å². The van der Waals surface area contributed by atoms with Crippen LogP contribution in [0.25, 0.3) is 10.8 Å². The number of ether oxygens (including phenoxy) is 1. The number of nitrogens with one attached hydrogen (secondary N) is 1. The topological polar surface area (TPSA) is 56.2 Å². The number of fused-ring (bicyclic) bond motifs is 1. The Labute approximate surface area is 192 Å². The van der Waals surface area contributed by atoms with E-state index in [1.54, 1.807) is 10.9 Å². The van der Waals surface area contributed by atoms with E-state index in [1.165, 1.54) is 0 Å². The summed E-state index contributed by atoms with van der Waals surface area (Å²) < 4.78 is 7.74. The molecule has 5 aromatic rings. The zero-order valence-corrected chi connectivity index (χ0v) is 18.0. The second-order valence-electron chi connectivity index (χ2n) is 7.79. The summed E-state index contributed by atoms with van der Waals surface area (Å²) in [6.07, 6.45) is 1.74. The summed E-state index contributed by atoms with van der Waals surface area (Å²) in [5, 5.41) is 9.67. The summed E-state index contributed by atoms with van der Waals surface area (Å²) in [6, 6.07) is 33.7. The van der Waals surface area contributed by atoms with Gasteiger partial charge in [0.2, 0.25) is 5.88 Å². The van der Waals surface area contributed by atoms with Crippen molar-refractivity contribution in [2.45, 2.75) is 13.2 Å². The first-order chi connectivity index (χ1) is 16.3. The lowest BCUT2D eigenvalue weighted by atomic mass is 10.1. The minimum absolute atomic E-state index is 0.256. The van der Waals surface area contributed by atoms with E-state index in [4.69, 9.17) is 4.74 Å². The molecule has 0 saturated carbocycles. The Hall–Kier alpha value is -4.38. The number of aromatic nitrogens is 2. The smallest absolute Gasteiger partial charge is 0.262 e. The summed E-state index contributed by atoms with van der Waals surface area (Å²) in [6.45, 7) is 0.877. The number of hydrogen-bond acceptors (Lipinski definition) is 3. The van der Waals surface area contributed by atoms with Gasteiger partial charge in [0.05, 0.1) is 6.54 Å². The zero-order valence-electron chi connectivity index (χ0n) is 18.0. The van der Waals surface area contributed by atoms with Crippen LogP contribution < -0.4 is 10.1 Å². The third-order valence-corrected chi connectivity index (χ3v) is 5.42. The molecular formula is C28H23N3O2. The second-order valence-corrected chi connectivity index (χ2v) is 7.79. The maximum absolute atomic E-state index is 13.3. The molecule has 33 heavy (non-hydrogen) atoms. The van der Waals surface area contributed by atoms with Crippen LogP contribution in [0.15, 0.2) is 109 Å². The number of amides is 1. The molecule has 1 heterocycles. The molecular weight excluding hydrogens is 410 g/mol. The SMILES string of the molecule is O=C(Nc1cccc2ccccc12)c1cn(Cc2ccccc2)nc1OCc1ccccc1. The summed E-state index contributed by atoms with van der Waals surface area (Å²) in [4.78, 5) is 13.3. The number of carbonyl (C=O) groups excluding carboxylic acids is 1. The lowest BCUT2D eigenvalue weighted by molar-refractivity contribution is 0.102. The Balaban J connectivity index is 1.43. The van der Waals surface area contributed by atoms with Gasteiger partial charge in [0.1, 0.15) is 12.2 Å². The Bertz CT molecular complexity index is 1370. The van der Waals surface area contributed by atoms with Gasteiger partial charge in [-0.15, -0.1) is 5.10 Å². The van der Waals surface area contributed by atoms with Gasteiger partial charge in [0.15, 0.2) is 0 Å². The van der Waals surface area contributed by atoms with E-state index in [2.05, 4.69) is 10.4 Å². The van der Waals surface area contributed by atoms with Gasteiger partial charge in [-0.2, -0.15) is 0 Å². The van der Waals surface area contributed by atoms with Gasteiger partial charge in [-0.25, -0.2) is 0 Å². The average Bonchev–Trinajstić information content (AvgIpc) is 3.27. The van der Waals surface area contributed by atoms with E-state index in [9.17, 15) is 4.79 Å². The van der Waals surface area contributed by atoms with Gasteiger partial charge >= 0.3 is 0 Å². The molecule has 162 valence electrons. The minimum Gasteiger partial charge on any atom is -0.471 e. The summed E-state index contributed by atoms with van der Waals surface area (Å²) in [7, 11) is 0. The Morgan fingerprint density at radius 2 is 1.45 bits per heavy atom. The molecule has 0 spiro atoms. The highest BCUT2D eigenvalue weighted by atomic mass is 16.5. The number of carbonyl (C=O) groups is 1. The molecule has 0 saturated heterocycles. The molecule has 0 radical (unpaired) electrons. The zero-order chi connectivity index (χ0) is 22.5. The molecule has 1 amide bonds. The summed E-state index contributed by atoms with van der Waals surface area (Å²) >= 11 is 0. The van der Waals surface area contributed by atoms with Crippen molar-refractivity contribution in [3.05, 3.63) is 126 Å². The van der Waals surface area contributed by atoms with Gasteiger partial charge in [-0.1, -0.05) is 97.1 Å². The van der Waals surface area contributed by atoms with Crippen molar-refractivity contribution in [2.75, 3.05) is 5.32 Å². The maximum atomic E-state index is 13.3. The monoisotopic (exact) mass is 433 g/mol. The molecule has 0 aliphatic rings. The third kappa shape index (κ3) is 4.77. The molecule has 0 unspecified atom stereocenters. The molecule has 0 atom stereocenters. The van der Waals surface area contributed by atoms with E-state index in [1.807, 2.05) is 103 Å². The van der Waals surface area contributed by atoms with Gasteiger partial charge in [0.25, 0.3) is 5.91 Å². The van der Waals surface area contributed by atoms with Crippen LogP contribution in [0.2, 0.25) is 0 Å². The van der Waals surface area contributed by atoms with Crippen LogP contribution in [0.1, 0.15) is 21.5 Å². The first-order valence-corrected chi connectivity index (χ1v) is 10.8. The molecule has 4 aromatic carbocycles. The van der Waals surface area contributed by atoms with Crippen molar-refractivity contribution < 1.29 is 9.53 Å². The predicted molar refractivity (Wildman–Crippen MR) is 130 cm³/mol. The largest absolute Gasteiger partial charge is 0.471 e. The standard InChI is InChI=1S/C28H23N3O2/c32-27(29-26-17-9-15-23-14-7-8-16-24(23)26)25-19-31(18-21-10-3-1-4-11-21)30-28(25)33-20-22-12-5-2-6-13-22/h1-17,19H,18,20H2,(H,29,32). The normalized spacial score (nSPS) is 10.8. The van der Waals surface area contributed by atoms with Crippen LogP contribution in [0.5, 0.6) is 5.88 Å². The number of hydrogen-bond donors (Lipinski definition) is 1. The molecule has 0 bridgehead atoms. The quantitative estimate of drug-likeness (QED) is 0.347. The number of rotatable bonds is 7. The number of benzene rings is 4. The third-order valence-electron chi connectivity index (χ3n) is 5.42. The molecule has 1 N–H and O–H groups in total. The predicted octanol–water partition coefficient (Wildman–Crippen LogP) is 5.92. The van der Waals surface area contributed by atoms with Crippen molar-refractivity contribution in [3.63, 3.8) is 0 Å². The molecule has 0 fully saturated rings. The van der Waals surface area contributed by atoms with E-state index < -0.39 is 0 Å². The Morgan fingerprint density at radius 1 is 0.788 bits per heavy atom. The van der Waals surface area contributed by atoms with Crippen LogP contribution in [0.4, 0.5) is 5.69 Å². The highest BCUT2D eigenvalue weighted by Gasteiger charge is 2.19. The van der Waals surface area contributed by atoms with Gasteiger partial charge in [-0.3, -0.25) is 9.48 Å². The lowest BCUT2D eigenvalue weighted by Gasteiger charge is -2.09. The molecule has 5 heteroatoms. The first-order valence-electron chi connectivity index (χ1n) is 10.8. The summed E-state index contributed by atoms with van der Waals surface area (Å²) in [5.41, 5.74) is 3.25. The molecule has 5 rings (SSSR count). The van der Waals surface area contributed by atoms with Crippen molar-refractivity contribution in [1.29, 1.82) is 0 Å². The highest BCUT2D eigenvalue weighted by Crippen LogP contribution is 2.25. The molecule has 1 aromatic heterocycles. The van der Waals surface area contributed by atoms with Crippen LogP contribution in [0, 0.1) is 0 Å². The van der Waals surface area contributed by atoms with Crippen LogP contribution in [-0.2, 0) is 13.2 Å². The van der Waals surface area contributed by atoms with E-state index in [0.29, 0.717) is 24.6 Å². The van der Waals surface area contributed by atoms with Gasteiger partial charge in [-0.05, 0) is 22.6 Å². The fraction of sp³-hybridized carbons (Fsp3) is 0.0714. The second kappa shape index (κ2) is 9.40. The first kappa shape index (κ1) is 20.5. The van der Waals surface area contributed by atoms with Crippen molar-refractivity contribution in [1.82, 2.24) is 9.78 Å². The number of nitrogens with zero attached hydrogens (tertiary/aromatic N) is 2. The fourth-order valence-electron chi connectivity index (χ4n) is 3.77. The molecule has 0 aliphatic heterocycles. The minimum atomic E-state index is -0.256. The van der Waals surface area contributed by atoms with Crippen LogP contribution in [0.3, 0.4) is 0 Å². The van der Waals surface area contributed by atoms with E-state index in [-0.39, 0.29) is 5.91 Å². The van der Waals surface area contributed by atoms with E-state index in [0.717, 1.165) is 27.6 Å². The van der Waals surface area contributed by atoms with Gasteiger partial charge in [0, 0.05) is 17.3 Å². The Kier molecular flexibility index (Phi) is 5.85. The Morgan fingerprint density at radius 3 is 2.24 bits per heavy atom. The lowest BCUT2D eigenvalue weighted by Crippen LogP contribution is -2.13. The fourth-order valence-corrected chi connectivity index (χ4v) is 3.77. The van der Waals surface area contributed by atoms with E-state index >= 15 is 0 Å². The average molecular weight is 434 g/mol. The van der Waals surface area contributed by atoms with Crippen molar-refractivity contribution in [2.24, 2.45) is 0 Å². The maximum Gasteiger partial charge on any atom is 0.262 e. The highest BCUT2D eigenvalue weighted by molar-refractivity contribution is 6.10. The van der Waals surface area contributed by atoms with Crippen LogP contribution >= 0.6 is 0 Å². The molecule has 0 aliphatic carbocycles. The van der Waals surface area contributed by atoms with Crippen molar-refractivity contribution in [3.8, 4) is 5.88 Å². The van der Waals surface area contributed by atoms with Gasteiger partial charge < -0.3 is 10.1 Å². The summed E-state index contributed by atoms with van der Waals surface area (Å²) in [5.74, 6) is 0.0567. The molecule has 5 nitrogen and oxygen atoms in total. The number of anilines is 1.